The molecule has 1 atom stereocenters. The predicted octanol–water partition coefficient (Wildman–Crippen LogP) is 1.91. The van der Waals surface area contributed by atoms with E-state index < -0.39 is 0 Å². The van der Waals surface area contributed by atoms with Crippen molar-refractivity contribution in [2.45, 2.75) is 52.5 Å². The Hall–Kier alpha value is -0.0831. The van der Waals surface area contributed by atoms with E-state index in [1.165, 1.54) is 49.0 Å². The van der Waals surface area contributed by atoms with Gasteiger partial charge in [0, 0.05) is 16.3 Å². The molecule has 0 aromatic heterocycles. The quantitative estimate of drug-likeness (QED) is 0.645. The number of rotatable bonds is 3. The van der Waals surface area contributed by atoms with Gasteiger partial charge in [-0.05, 0) is 46.2 Å². The van der Waals surface area contributed by atoms with Gasteiger partial charge in [-0.3, -0.25) is 4.90 Å². The Bertz CT molecular complexity index is 200. The van der Waals surface area contributed by atoms with E-state index in [2.05, 4.69) is 25.7 Å². The van der Waals surface area contributed by atoms with Crippen LogP contribution in [0.1, 0.15) is 46.5 Å². The average molecular weight is 211 g/mol. The highest BCUT2D eigenvalue weighted by Gasteiger charge is 2.20. The van der Waals surface area contributed by atoms with Crippen molar-refractivity contribution in [3.63, 3.8) is 0 Å². The number of piperidine rings is 1. The topological polar surface area (TPSA) is 3.24 Å². The van der Waals surface area contributed by atoms with E-state index >= 15 is 0 Å². The predicted molar refractivity (Wildman–Crippen MR) is 67.8 cm³/mol. The van der Waals surface area contributed by atoms with E-state index in [4.69, 9.17) is 0 Å². The standard InChI is InChI=1S/C12H25NSi/c1-4-12(10(2)11(3)14)13-8-6-5-7-9-13/h12H,4-9H2,1-3,14H3. The summed E-state index contributed by atoms with van der Waals surface area (Å²) in [5.41, 5.74) is 1.65. The van der Waals surface area contributed by atoms with Gasteiger partial charge < -0.3 is 0 Å². The van der Waals surface area contributed by atoms with Crippen LogP contribution in [0.4, 0.5) is 0 Å². The Morgan fingerprint density at radius 1 is 1.21 bits per heavy atom. The summed E-state index contributed by atoms with van der Waals surface area (Å²) >= 11 is 0. The van der Waals surface area contributed by atoms with Crippen molar-refractivity contribution in [1.82, 2.24) is 4.90 Å². The highest BCUT2D eigenvalue weighted by Crippen LogP contribution is 2.20. The fraction of sp³-hybridized carbons (Fsp3) is 0.833. The van der Waals surface area contributed by atoms with Crippen LogP contribution in [0.5, 0.6) is 0 Å². The molecule has 1 aliphatic heterocycles. The van der Waals surface area contributed by atoms with Crippen LogP contribution in [0.15, 0.2) is 10.8 Å². The third kappa shape index (κ3) is 2.96. The summed E-state index contributed by atoms with van der Waals surface area (Å²) in [7, 11) is 1.23. The smallest absolute Gasteiger partial charge is 0.0329 e. The van der Waals surface area contributed by atoms with Crippen LogP contribution >= 0.6 is 0 Å². The maximum atomic E-state index is 2.69. The molecule has 0 saturated carbocycles. The molecule has 0 aliphatic carbocycles. The highest BCUT2D eigenvalue weighted by atomic mass is 28.1. The van der Waals surface area contributed by atoms with E-state index in [1.54, 1.807) is 10.8 Å². The minimum absolute atomic E-state index is 0.743. The van der Waals surface area contributed by atoms with E-state index in [0.717, 1.165) is 6.04 Å². The Labute approximate surface area is 92.0 Å². The van der Waals surface area contributed by atoms with Gasteiger partial charge in [-0.1, -0.05) is 24.1 Å². The molecular formula is C12H25NSi. The normalized spacial score (nSPS) is 23.4. The van der Waals surface area contributed by atoms with Gasteiger partial charge >= 0.3 is 0 Å². The SMILES string of the molecule is CCC(C(C)=C(C)[SiH3])N1CCCCC1. The molecule has 14 heavy (non-hydrogen) atoms. The number of nitrogens with zero attached hydrogens (tertiary/aromatic N) is 1. The summed E-state index contributed by atoms with van der Waals surface area (Å²) in [5.74, 6) is 0. The Morgan fingerprint density at radius 2 is 1.79 bits per heavy atom. The third-order valence-electron chi connectivity index (χ3n) is 3.51. The average Bonchev–Trinajstić information content (AvgIpc) is 2.20. The number of likely N-dealkylation sites (tertiary alicyclic amines) is 1. The molecule has 82 valence electrons. The van der Waals surface area contributed by atoms with Gasteiger partial charge in [0.2, 0.25) is 0 Å². The lowest BCUT2D eigenvalue weighted by Crippen LogP contribution is -2.39. The first-order valence-corrected chi connectivity index (χ1v) is 7.04. The molecule has 0 aromatic carbocycles. The molecule has 0 aromatic rings. The summed E-state index contributed by atoms with van der Waals surface area (Å²) in [5, 5.41) is 1.64. The Balaban J connectivity index is 2.65. The lowest BCUT2D eigenvalue weighted by molar-refractivity contribution is 0.180. The molecule has 0 amide bonds. The molecule has 0 spiro atoms. The summed E-state index contributed by atoms with van der Waals surface area (Å²) in [6.45, 7) is 9.61. The van der Waals surface area contributed by atoms with Crippen LogP contribution in [-0.4, -0.2) is 34.3 Å². The second-order valence-corrected chi connectivity index (χ2v) is 6.20. The largest absolute Gasteiger partial charge is 0.297 e. The molecule has 1 unspecified atom stereocenters. The van der Waals surface area contributed by atoms with E-state index in [0.29, 0.717) is 0 Å². The summed E-state index contributed by atoms with van der Waals surface area (Å²) in [6.07, 6.45) is 5.54. The lowest BCUT2D eigenvalue weighted by atomic mass is 10.0. The van der Waals surface area contributed by atoms with Crippen molar-refractivity contribution in [3.05, 3.63) is 10.8 Å². The summed E-state index contributed by atoms with van der Waals surface area (Å²) in [6, 6.07) is 0.743. The van der Waals surface area contributed by atoms with E-state index in [1.807, 2.05) is 0 Å². The minimum Gasteiger partial charge on any atom is -0.297 e. The van der Waals surface area contributed by atoms with Gasteiger partial charge in [0.1, 0.15) is 0 Å². The zero-order chi connectivity index (χ0) is 10.6. The molecule has 1 fully saturated rings. The maximum absolute atomic E-state index is 2.69. The monoisotopic (exact) mass is 211 g/mol. The van der Waals surface area contributed by atoms with Gasteiger partial charge in [0.15, 0.2) is 0 Å². The molecule has 1 rings (SSSR count). The molecule has 0 N–H and O–H groups in total. The molecule has 1 saturated heterocycles. The maximum Gasteiger partial charge on any atom is 0.0329 e. The van der Waals surface area contributed by atoms with Crippen molar-refractivity contribution in [1.29, 1.82) is 0 Å². The molecule has 2 heteroatoms. The van der Waals surface area contributed by atoms with Crippen LogP contribution in [0.2, 0.25) is 0 Å². The first-order chi connectivity index (χ1) is 6.66. The third-order valence-corrected chi connectivity index (χ3v) is 4.30. The minimum atomic E-state index is 0.743. The van der Waals surface area contributed by atoms with Crippen LogP contribution < -0.4 is 0 Å². The lowest BCUT2D eigenvalue weighted by Gasteiger charge is -2.35. The van der Waals surface area contributed by atoms with Crippen LogP contribution in [0, 0.1) is 0 Å². The van der Waals surface area contributed by atoms with Crippen molar-refractivity contribution in [3.8, 4) is 0 Å². The fourth-order valence-corrected chi connectivity index (χ4v) is 2.73. The first kappa shape index (κ1) is 12.0. The summed E-state index contributed by atoms with van der Waals surface area (Å²) < 4.78 is 0. The highest BCUT2D eigenvalue weighted by molar-refractivity contribution is 6.21. The van der Waals surface area contributed by atoms with Crippen molar-refractivity contribution >= 4 is 10.2 Å². The molecule has 1 heterocycles. The van der Waals surface area contributed by atoms with Gasteiger partial charge in [-0.15, -0.1) is 0 Å². The van der Waals surface area contributed by atoms with Crippen molar-refractivity contribution < 1.29 is 0 Å². The molecular weight excluding hydrogens is 186 g/mol. The van der Waals surface area contributed by atoms with Crippen LogP contribution in [0.3, 0.4) is 0 Å². The number of hydrogen-bond acceptors (Lipinski definition) is 1. The first-order valence-electron chi connectivity index (χ1n) is 6.04. The zero-order valence-corrected chi connectivity index (χ0v) is 12.3. The number of hydrogen-bond donors (Lipinski definition) is 0. The molecule has 0 radical (unpaired) electrons. The second-order valence-electron chi connectivity index (χ2n) is 4.70. The van der Waals surface area contributed by atoms with Gasteiger partial charge in [-0.25, -0.2) is 0 Å². The van der Waals surface area contributed by atoms with Gasteiger partial charge in [0.25, 0.3) is 0 Å². The Kier molecular flexibility index (Phi) is 4.89. The molecule has 0 bridgehead atoms. The van der Waals surface area contributed by atoms with Crippen LogP contribution in [0.25, 0.3) is 0 Å². The van der Waals surface area contributed by atoms with Crippen molar-refractivity contribution in [2.24, 2.45) is 0 Å². The summed E-state index contributed by atoms with van der Waals surface area (Å²) in [4.78, 5) is 2.69. The van der Waals surface area contributed by atoms with E-state index in [9.17, 15) is 0 Å². The molecule has 1 nitrogen and oxygen atoms in total. The van der Waals surface area contributed by atoms with E-state index in [-0.39, 0.29) is 0 Å². The van der Waals surface area contributed by atoms with Crippen LogP contribution in [-0.2, 0) is 0 Å². The molecule has 1 aliphatic rings. The Morgan fingerprint density at radius 3 is 2.21 bits per heavy atom. The number of allylic oxidation sites excluding steroid dienone is 1. The zero-order valence-electron chi connectivity index (χ0n) is 10.3. The second kappa shape index (κ2) is 5.71. The fourth-order valence-electron chi connectivity index (χ4n) is 2.40. The van der Waals surface area contributed by atoms with Gasteiger partial charge in [0.05, 0.1) is 0 Å². The van der Waals surface area contributed by atoms with Crippen molar-refractivity contribution in [2.75, 3.05) is 13.1 Å². The van der Waals surface area contributed by atoms with Gasteiger partial charge in [-0.2, -0.15) is 0 Å².